The number of rotatable bonds is 6. The highest BCUT2D eigenvalue weighted by molar-refractivity contribution is 5.21. The lowest BCUT2D eigenvalue weighted by Gasteiger charge is -2.23. The molecule has 2 atom stereocenters. The summed E-state index contributed by atoms with van der Waals surface area (Å²) < 4.78 is 0. The molecular weight excluding hydrogens is 236 g/mol. The average molecular weight is 260 g/mol. The molecule has 19 heavy (non-hydrogen) atoms. The largest absolute Gasteiger partial charge is 0.395 e. The summed E-state index contributed by atoms with van der Waals surface area (Å²) in [6.45, 7) is 3.52. The van der Waals surface area contributed by atoms with Gasteiger partial charge in [0.1, 0.15) is 0 Å². The van der Waals surface area contributed by atoms with Crippen LogP contribution < -0.4 is 5.32 Å². The number of nitrogens with zero attached hydrogens (tertiary/aromatic N) is 1. The van der Waals surface area contributed by atoms with Crippen molar-refractivity contribution < 1.29 is 5.11 Å². The molecule has 2 fully saturated rings. The van der Waals surface area contributed by atoms with Gasteiger partial charge in [-0.25, -0.2) is 0 Å². The van der Waals surface area contributed by atoms with Gasteiger partial charge in [-0.1, -0.05) is 30.3 Å². The van der Waals surface area contributed by atoms with Crippen LogP contribution in [0.3, 0.4) is 0 Å². The zero-order valence-electron chi connectivity index (χ0n) is 11.5. The van der Waals surface area contributed by atoms with E-state index in [2.05, 4.69) is 40.5 Å². The second kappa shape index (κ2) is 6.04. The van der Waals surface area contributed by atoms with Crippen LogP contribution in [0.25, 0.3) is 0 Å². The van der Waals surface area contributed by atoms with E-state index < -0.39 is 0 Å². The van der Waals surface area contributed by atoms with Crippen molar-refractivity contribution in [3.63, 3.8) is 0 Å². The van der Waals surface area contributed by atoms with Crippen LogP contribution in [0.2, 0.25) is 0 Å². The zero-order valence-corrected chi connectivity index (χ0v) is 11.5. The van der Waals surface area contributed by atoms with Gasteiger partial charge in [-0.05, 0) is 37.3 Å². The van der Waals surface area contributed by atoms with Crippen LogP contribution >= 0.6 is 0 Å². The molecule has 2 aliphatic rings. The summed E-state index contributed by atoms with van der Waals surface area (Å²) in [6.07, 6.45) is 3.80. The highest BCUT2D eigenvalue weighted by Gasteiger charge is 2.28. The summed E-state index contributed by atoms with van der Waals surface area (Å²) in [5.74, 6) is 0.668. The molecule has 2 unspecified atom stereocenters. The summed E-state index contributed by atoms with van der Waals surface area (Å²) in [5.41, 5.74) is 1.46. The van der Waals surface area contributed by atoms with Crippen molar-refractivity contribution in [3.05, 3.63) is 35.9 Å². The molecule has 104 valence electrons. The predicted molar refractivity (Wildman–Crippen MR) is 77.3 cm³/mol. The number of aliphatic hydroxyl groups excluding tert-OH is 1. The Hall–Kier alpha value is -0.900. The van der Waals surface area contributed by atoms with Gasteiger partial charge in [-0.3, -0.25) is 0 Å². The Bertz CT molecular complexity index is 391. The fourth-order valence-electron chi connectivity index (χ4n) is 3.05. The first-order valence-corrected chi connectivity index (χ1v) is 7.49. The summed E-state index contributed by atoms with van der Waals surface area (Å²) in [7, 11) is 0. The molecule has 0 bridgehead atoms. The van der Waals surface area contributed by atoms with Crippen LogP contribution in [0.15, 0.2) is 30.3 Å². The van der Waals surface area contributed by atoms with Crippen LogP contribution in [-0.2, 0) is 0 Å². The molecule has 1 saturated heterocycles. The van der Waals surface area contributed by atoms with Gasteiger partial charge in [0.2, 0.25) is 0 Å². The topological polar surface area (TPSA) is 35.5 Å². The minimum Gasteiger partial charge on any atom is -0.395 e. The molecule has 3 heteroatoms. The molecule has 1 aliphatic heterocycles. The van der Waals surface area contributed by atoms with Gasteiger partial charge in [0.25, 0.3) is 0 Å². The van der Waals surface area contributed by atoms with E-state index in [0.717, 1.165) is 19.6 Å². The molecule has 3 rings (SSSR count). The van der Waals surface area contributed by atoms with Gasteiger partial charge in [-0.15, -0.1) is 0 Å². The van der Waals surface area contributed by atoms with Gasteiger partial charge < -0.3 is 15.3 Å². The van der Waals surface area contributed by atoms with E-state index >= 15 is 0 Å². The Morgan fingerprint density at radius 1 is 1.21 bits per heavy atom. The van der Waals surface area contributed by atoms with E-state index in [4.69, 9.17) is 0 Å². The minimum absolute atomic E-state index is 0.252. The third-order valence-corrected chi connectivity index (χ3v) is 4.29. The van der Waals surface area contributed by atoms with Crippen LogP contribution in [-0.4, -0.2) is 48.3 Å². The molecule has 1 aromatic rings. The fourth-order valence-corrected chi connectivity index (χ4v) is 3.05. The molecule has 0 radical (unpaired) electrons. The van der Waals surface area contributed by atoms with Crippen LogP contribution in [0.1, 0.15) is 30.7 Å². The maximum absolute atomic E-state index is 9.46. The van der Waals surface area contributed by atoms with E-state index in [1.54, 1.807) is 0 Å². The Kier molecular flexibility index (Phi) is 4.16. The number of nitrogens with one attached hydrogen (secondary N) is 1. The van der Waals surface area contributed by atoms with Crippen molar-refractivity contribution in [1.82, 2.24) is 10.2 Å². The molecule has 3 nitrogen and oxygen atoms in total. The predicted octanol–water partition coefficient (Wildman–Crippen LogP) is 1.59. The Morgan fingerprint density at radius 3 is 2.68 bits per heavy atom. The fraction of sp³-hybridized carbons (Fsp3) is 0.625. The van der Waals surface area contributed by atoms with Crippen molar-refractivity contribution >= 4 is 0 Å². The second-order valence-corrected chi connectivity index (χ2v) is 5.98. The first kappa shape index (κ1) is 13.1. The van der Waals surface area contributed by atoms with Gasteiger partial charge in [-0.2, -0.15) is 0 Å². The third-order valence-electron chi connectivity index (χ3n) is 4.29. The Labute approximate surface area is 115 Å². The number of benzene rings is 1. The molecule has 0 amide bonds. The van der Waals surface area contributed by atoms with Crippen molar-refractivity contribution in [2.24, 2.45) is 0 Å². The third kappa shape index (κ3) is 3.56. The first-order valence-electron chi connectivity index (χ1n) is 7.49. The van der Waals surface area contributed by atoms with Gasteiger partial charge in [0, 0.05) is 25.2 Å². The highest BCUT2D eigenvalue weighted by atomic mass is 16.3. The molecule has 0 spiro atoms. The van der Waals surface area contributed by atoms with E-state index in [1.165, 1.54) is 24.8 Å². The number of hydrogen-bond donors (Lipinski definition) is 2. The normalized spacial score (nSPS) is 25.6. The number of likely N-dealkylation sites (tertiary alicyclic amines) is 1. The van der Waals surface area contributed by atoms with Crippen LogP contribution in [0, 0.1) is 0 Å². The minimum atomic E-state index is 0.252. The summed E-state index contributed by atoms with van der Waals surface area (Å²) >= 11 is 0. The van der Waals surface area contributed by atoms with E-state index in [1.807, 2.05) is 0 Å². The highest BCUT2D eigenvalue weighted by Crippen LogP contribution is 2.27. The number of aliphatic hydroxyl groups is 1. The van der Waals surface area contributed by atoms with Gasteiger partial charge in [0.15, 0.2) is 0 Å². The van der Waals surface area contributed by atoms with Crippen molar-refractivity contribution in [1.29, 1.82) is 0 Å². The smallest absolute Gasteiger partial charge is 0.0597 e. The maximum Gasteiger partial charge on any atom is 0.0597 e. The second-order valence-electron chi connectivity index (χ2n) is 5.98. The zero-order chi connectivity index (χ0) is 13.1. The maximum atomic E-state index is 9.46. The monoisotopic (exact) mass is 260 g/mol. The van der Waals surface area contributed by atoms with Crippen molar-refractivity contribution in [3.8, 4) is 0 Å². The van der Waals surface area contributed by atoms with E-state index in [-0.39, 0.29) is 12.6 Å². The standard InChI is InChI=1S/C16H24N2O/c19-12-16(17-15-6-7-15)11-18-9-8-14(10-18)13-4-2-1-3-5-13/h1-5,14-17,19H,6-12H2. The molecule has 0 aromatic heterocycles. The molecule has 2 N–H and O–H groups in total. The summed E-state index contributed by atoms with van der Waals surface area (Å²) in [5, 5.41) is 13.0. The Morgan fingerprint density at radius 2 is 2.00 bits per heavy atom. The van der Waals surface area contributed by atoms with Gasteiger partial charge >= 0.3 is 0 Å². The lowest BCUT2D eigenvalue weighted by Crippen LogP contribution is -2.43. The summed E-state index contributed by atoms with van der Waals surface area (Å²) in [6, 6.07) is 11.7. The lowest BCUT2D eigenvalue weighted by atomic mass is 9.99. The molecule has 1 heterocycles. The lowest BCUT2D eigenvalue weighted by molar-refractivity contribution is 0.196. The van der Waals surface area contributed by atoms with E-state index in [0.29, 0.717) is 12.0 Å². The average Bonchev–Trinajstić information content (AvgIpc) is 3.15. The summed E-state index contributed by atoms with van der Waals surface area (Å²) in [4.78, 5) is 2.49. The van der Waals surface area contributed by atoms with Crippen LogP contribution in [0.5, 0.6) is 0 Å². The molecule has 1 saturated carbocycles. The van der Waals surface area contributed by atoms with Gasteiger partial charge in [0.05, 0.1) is 6.61 Å². The quantitative estimate of drug-likeness (QED) is 0.815. The molecule has 1 aliphatic carbocycles. The van der Waals surface area contributed by atoms with Crippen LogP contribution in [0.4, 0.5) is 0 Å². The SMILES string of the molecule is OCC(CN1CCC(c2ccccc2)C1)NC1CC1. The molecule has 1 aromatic carbocycles. The Balaban J connectivity index is 1.50. The first-order chi connectivity index (χ1) is 9.35. The van der Waals surface area contributed by atoms with Crippen molar-refractivity contribution in [2.75, 3.05) is 26.2 Å². The number of hydrogen-bond acceptors (Lipinski definition) is 3. The molecular formula is C16H24N2O. The van der Waals surface area contributed by atoms with Crippen molar-refractivity contribution in [2.45, 2.75) is 37.3 Å². The van der Waals surface area contributed by atoms with E-state index in [9.17, 15) is 5.11 Å².